The molecule has 5 aromatic rings. The van der Waals surface area contributed by atoms with Crippen LogP contribution < -0.4 is 15.5 Å². The average molecular weight is 575 g/mol. The van der Waals surface area contributed by atoms with Crippen molar-refractivity contribution in [3.63, 3.8) is 0 Å². The third kappa shape index (κ3) is 6.26. The third-order valence-corrected chi connectivity index (χ3v) is 7.10. The van der Waals surface area contributed by atoms with Crippen LogP contribution in [-0.4, -0.2) is 77.4 Å². The number of nitrogens with one attached hydrogen (secondary N) is 2. The van der Waals surface area contributed by atoms with E-state index in [0.717, 1.165) is 46.5 Å². The van der Waals surface area contributed by atoms with Crippen LogP contribution in [0.2, 0.25) is 0 Å². The molecular weight excluding hydrogens is 544 g/mol. The molecule has 1 fully saturated rings. The highest BCUT2D eigenvalue weighted by Crippen LogP contribution is 2.31. The second-order valence-electron chi connectivity index (χ2n) is 10.3. The first kappa shape index (κ1) is 27.7. The SMILES string of the molecule is CN(C)C(=O)c1ccc(NC(=O)Nc2ccc(-c3nc(N4CCOCC4)c4ccc(-c5ccnnc5)cc4n3)cc2)cc1. The number of morpholine rings is 1. The number of fused-ring (bicyclic) bond motifs is 1. The number of aromatic nitrogens is 4. The summed E-state index contributed by atoms with van der Waals surface area (Å²) >= 11 is 0. The Hall–Kier alpha value is -5.42. The van der Waals surface area contributed by atoms with E-state index in [0.29, 0.717) is 36.0 Å². The first-order chi connectivity index (χ1) is 20.9. The van der Waals surface area contributed by atoms with Crippen molar-refractivity contribution in [2.24, 2.45) is 0 Å². The molecule has 2 N–H and O–H groups in total. The molecule has 0 radical (unpaired) electrons. The molecule has 0 unspecified atom stereocenters. The summed E-state index contributed by atoms with van der Waals surface area (Å²) in [5.41, 5.74) is 5.32. The lowest BCUT2D eigenvalue weighted by Gasteiger charge is -2.29. The van der Waals surface area contributed by atoms with Gasteiger partial charge in [-0.1, -0.05) is 6.07 Å². The van der Waals surface area contributed by atoms with Gasteiger partial charge in [-0.2, -0.15) is 10.2 Å². The number of hydrogen-bond donors (Lipinski definition) is 2. The lowest BCUT2D eigenvalue weighted by Crippen LogP contribution is -2.37. The highest BCUT2D eigenvalue weighted by Gasteiger charge is 2.19. The Labute approximate surface area is 248 Å². The highest BCUT2D eigenvalue weighted by atomic mass is 16.5. The molecule has 0 spiro atoms. The van der Waals surface area contributed by atoms with Gasteiger partial charge in [0.15, 0.2) is 5.82 Å². The van der Waals surface area contributed by atoms with Gasteiger partial charge in [0.05, 0.1) is 31.1 Å². The van der Waals surface area contributed by atoms with Gasteiger partial charge in [-0.05, 0) is 72.3 Å². The van der Waals surface area contributed by atoms with E-state index < -0.39 is 6.03 Å². The number of benzene rings is 3. The van der Waals surface area contributed by atoms with Gasteiger partial charge >= 0.3 is 6.03 Å². The number of hydrogen-bond acceptors (Lipinski definition) is 8. The first-order valence-corrected chi connectivity index (χ1v) is 13.9. The molecule has 0 atom stereocenters. The molecule has 3 aromatic carbocycles. The van der Waals surface area contributed by atoms with Crippen molar-refractivity contribution in [1.29, 1.82) is 0 Å². The zero-order valence-electron chi connectivity index (χ0n) is 23.8. The van der Waals surface area contributed by atoms with Crippen LogP contribution in [0.5, 0.6) is 0 Å². The molecule has 3 heterocycles. The number of carbonyl (C=O) groups excluding carboxylic acids is 2. The van der Waals surface area contributed by atoms with Crippen LogP contribution >= 0.6 is 0 Å². The normalized spacial score (nSPS) is 13.0. The minimum atomic E-state index is -0.394. The zero-order valence-corrected chi connectivity index (χ0v) is 23.8. The molecule has 2 aromatic heterocycles. The molecule has 1 aliphatic heterocycles. The number of anilines is 3. The lowest BCUT2D eigenvalue weighted by atomic mass is 10.1. The van der Waals surface area contributed by atoms with E-state index in [2.05, 4.69) is 37.9 Å². The number of urea groups is 1. The van der Waals surface area contributed by atoms with Gasteiger partial charge in [-0.3, -0.25) is 4.79 Å². The Kier molecular flexibility index (Phi) is 7.88. The van der Waals surface area contributed by atoms with Crippen LogP contribution in [0, 0.1) is 0 Å². The standard InChI is InChI=1S/C32H30N8O3/c1-39(2)31(41)22-5-10-26(11-6-22)36-32(42)35-25-8-3-21(4-9-25)29-37-28-19-23(24-13-14-33-34-20-24)7-12-27(28)30(38-29)40-15-17-43-18-16-40/h3-14,19-20H,15-18H2,1-2H3,(H2,35,36,42). The van der Waals surface area contributed by atoms with Crippen molar-refractivity contribution >= 4 is 40.0 Å². The average Bonchev–Trinajstić information content (AvgIpc) is 3.05. The van der Waals surface area contributed by atoms with Crippen molar-refractivity contribution in [2.75, 3.05) is 55.9 Å². The second-order valence-corrected chi connectivity index (χ2v) is 10.3. The summed E-state index contributed by atoms with van der Waals surface area (Å²) in [6.07, 6.45) is 3.40. The summed E-state index contributed by atoms with van der Waals surface area (Å²) in [5.74, 6) is 1.35. The van der Waals surface area contributed by atoms with Crippen molar-refractivity contribution in [3.8, 4) is 22.5 Å². The Morgan fingerprint density at radius 2 is 1.47 bits per heavy atom. The summed E-state index contributed by atoms with van der Waals surface area (Å²) < 4.78 is 5.58. The summed E-state index contributed by atoms with van der Waals surface area (Å²) in [6, 6.07) is 21.8. The summed E-state index contributed by atoms with van der Waals surface area (Å²) in [5, 5.41) is 14.5. The van der Waals surface area contributed by atoms with Crippen molar-refractivity contribution < 1.29 is 14.3 Å². The van der Waals surface area contributed by atoms with Gasteiger partial charge in [0.25, 0.3) is 5.91 Å². The number of nitrogens with zero attached hydrogens (tertiary/aromatic N) is 6. The Morgan fingerprint density at radius 1 is 0.791 bits per heavy atom. The van der Waals surface area contributed by atoms with Crippen LogP contribution in [0.3, 0.4) is 0 Å². The summed E-state index contributed by atoms with van der Waals surface area (Å²) in [4.78, 5) is 38.4. The Morgan fingerprint density at radius 3 is 2.12 bits per heavy atom. The predicted octanol–water partition coefficient (Wildman–Crippen LogP) is 4.94. The first-order valence-electron chi connectivity index (χ1n) is 13.9. The number of ether oxygens (including phenoxy) is 1. The maximum atomic E-state index is 12.6. The van der Waals surface area contributed by atoms with E-state index in [-0.39, 0.29) is 5.91 Å². The van der Waals surface area contributed by atoms with E-state index in [9.17, 15) is 9.59 Å². The van der Waals surface area contributed by atoms with Gasteiger partial charge < -0.3 is 25.2 Å². The molecule has 0 aliphatic carbocycles. The van der Waals surface area contributed by atoms with Crippen molar-refractivity contribution in [3.05, 3.63) is 90.8 Å². The molecule has 0 bridgehead atoms. The topological polar surface area (TPSA) is 125 Å². The molecule has 1 saturated heterocycles. The fourth-order valence-corrected chi connectivity index (χ4v) is 4.85. The lowest BCUT2D eigenvalue weighted by molar-refractivity contribution is 0.0827. The van der Waals surface area contributed by atoms with Crippen LogP contribution in [0.4, 0.5) is 22.0 Å². The predicted molar refractivity (Wildman–Crippen MR) is 166 cm³/mol. The molecule has 1 aliphatic rings. The molecule has 216 valence electrons. The van der Waals surface area contributed by atoms with Crippen molar-refractivity contribution in [2.45, 2.75) is 0 Å². The second kappa shape index (κ2) is 12.2. The van der Waals surface area contributed by atoms with E-state index in [1.54, 1.807) is 50.8 Å². The fourth-order valence-electron chi connectivity index (χ4n) is 4.85. The smallest absolute Gasteiger partial charge is 0.323 e. The van der Waals surface area contributed by atoms with E-state index in [1.807, 2.05) is 36.4 Å². The van der Waals surface area contributed by atoms with Crippen molar-refractivity contribution in [1.82, 2.24) is 25.1 Å². The van der Waals surface area contributed by atoms with Gasteiger partial charge in [0.2, 0.25) is 0 Å². The minimum Gasteiger partial charge on any atom is -0.378 e. The molecule has 0 saturated carbocycles. The Balaban J connectivity index is 1.23. The van der Waals surface area contributed by atoms with Gasteiger partial charge in [0, 0.05) is 60.6 Å². The molecule has 43 heavy (non-hydrogen) atoms. The van der Waals surface area contributed by atoms with Gasteiger partial charge in [-0.15, -0.1) is 0 Å². The summed E-state index contributed by atoms with van der Waals surface area (Å²) in [7, 11) is 3.39. The molecule has 11 heteroatoms. The summed E-state index contributed by atoms with van der Waals surface area (Å²) in [6.45, 7) is 2.77. The molecule has 3 amide bonds. The molecular formula is C32H30N8O3. The molecule has 6 rings (SSSR count). The van der Waals surface area contributed by atoms with Crippen LogP contribution in [0.25, 0.3) is 33.4 Å². The maximum Gasteiger partial charge on any atom is 0.323 e. The number of amides is 3. The number of carbonyl (C=O) groups is 2. The highest BCUT2D eigenvalue weighted by molar-refractivity contribution is 6.00. The minimum absolute atomic E-state index is 0.102. The van der Waals surface area contributed by atoms with E-state index in [1.165, 1.54) is 4.90 Å². The third-order valence-electron chi connectivity index (χ3n) is 7.10. The van der Waals surface area contributed by atoms with Gasteiger partial charge in [-0.25, -0.2) is 14.8 Å². The van der Waals surface area contributed by atoms with Crippen LogP contribution in [0.15, 0.2) is 85.2 Å². The van der Waals surface area contributed by atoms with Gasteiger partial charge in [0.1, 0.15) is 5.82 Å². The van der Waals surface area contributed by atoms with E-state index >= 15 is 0 Å². The fraction of sp³-hybridized carbons (Fsp3) is 0.188. The monoisotopic (exact) mass is 574 g/mol. The maximum absolute atomic E-state index is 12.6. The Bertz CT molecular complexity index is 1750. The van der Waals surface area contributed by atoms with Crippen LogP contribution in [0.1, 0.15) is 10.4 Å². The number of rotatable bonds is 6. The van der Waals surface area contributed by atoms with Crippen LogP contribution in [-0.2, 0) is 4.74 Å². The van der Waals surface area contributed by atoms with E-state index in [4.69, 9.17) is 14.7 Å². The quantitative estimate of drug-likeness (QED) is 0.292. The largest absolute Gasteiger partial charge is 0.378 e. The molecule has 11 nitrogen and oxygen atoms in total. The zero-order chi connectivity index (χ0) is 29.8.